The first kappa shape index (κ1) is 20.9. The number of halogens is 4. The summed E-state index contributed by atoms with van der Waals surface area (Å²) in [5.74, 6) is -0.376. The van der Waals surface area contributed by atoms with Crippen molar-refractivity contribution in [2.75, 3.05) is 23.8 Å². The number of ether oxygens (including phenoxy) is 1. The number of hydrogen-bond acceptors (Lipinski definition) is 3. The Bertz CT molecular complexity index is 815. The molecule has 2 aromatic carbocycles. The zero-order chi connectivity index (χ0) is 20.2. The second-order valence-electron chi connectivity index (χ2n) is 6.22. The zero-order valence-corrected chi connectivity index (χ0v) is 15.9. The molecule has 0 unspecified atom stereocenters. The van der Waals surface area contributed by atoms with Crippen LogP contribution in [0.2, 0.25) is 5.02 Å². The molecule has 0 atom stereocenters. The van der Waals surface area contributed by atoms with Crippen LogP contribution in [0, 0.1) is 20.8 Å². The van der Waals surface area contributed by atoms with Crippen LogP contribution in [-0.2, 0) is 4.79 Å². The predicted octanol–water partition coefficient (Wildman–Crippen LogP) is 5.26. The molecule has 0 fully saturated rings. The summed E-state index contributed by atoms with van der Waals surface area (Å²) in [5.41, 5.74) is 3.87. The van der Waals surface area contributed by atoms with Crippen molar-refractivity contribution in [3.05, 3.63) is 52.0 Å². The maximum atomic E-state index is 12.4. The van der Waals surface area contributed by atoms with E-state index >= 15 is 0 Å². The monoisotopic (exact) mass is 400 g/mol. The van der Waals surface area contributed by atoms with E-state index in [1.807, 2.05) is 32.9 Å². The highest BCUT2D eigenvalue weighted by Crippen LogP contribution is 2.29. The number of benzene rings is 2. The van der Waals surface area contributed by atoms with Gasteiger partial charge in [0.2, 0.25) is 5.91 Å². The molecule has 0 aliphatic carbocycles. The molecule has 0 aliphatic rings. The molecule has 0 heterocycles. The maximum absolute atomic E-state index is 12.4. The number of hydrogen-bond donors (Lipinski definition) is 2. The van der Waals surface area contributed by atoms with Gasteiger partial charge in [-0.05, 0) is 50.1 Å². The van der Waals surface area contributed by atoms with E-state index in [9.17, 15) is 18.0 Å². The largest absolute Gasteiger partial charge is 0.482 e. The average Bonchev–Trinajstić information content (AvgIpc) is 2.54. The quantitative estimate of drug-likeness (QED) is 0.695. The summed E-state index contributed by atoms with van der Waals surface area (Å²) in [7, 11) is 0. The number of aryl methyl sites for hydroxylation is 3. The van der Waals surface area contributed by atoms with Crippen molar-refractivity contribution in [3.8, 4) is 5.75 Å². The third-order valence-corrected chi connectivity index (χ3v) is 3.95. The molecule has 2 rings (SSSR count). The van der Waals surface area contributed by atoms with Gasteiger partial charge in [0.25, 0.3) is 0 Å². The van der Waals surface area contributed by atoms with Gasteiger partial charge in [0.15, 0.2) is 6.61 Å². The van der Waals surface area contributed by atoms with Crippen molar-refractivity contribution < 1.29 is 22.7 Å². The summed E-state index contributed by atoms with van der Waals surface area (Å²) in [5, 5.41) is 5.89. The second-order valence-corrected chi connectivity index (χ2v) is 6.66. The van der Waals surface area contributed by atoms with Gasteiger partial charge in [-0.1, -0.05) is 29.3 Å². The number of amides is 1. The van der Waals surface area contributed by atoms with Gasteiger partial charge in [-0.3, -0.25) is 4.79 Å². The number of carbonyl (C=O) groups is 1. The summed E-state index contributed by atoms with van der Waals surface area (Å²) < 4.78 is 41.9. The lowest BCUT2D eigenvalue weighted by atomic mass is 10.1. The van der Waals surface area contributed by atoms with E-state index in [0.717, 1.165) is 16.7 Å². The van der Waals surface area contributed by atoms with E-state index in [-0.39, 0.29) is 23.9 Å². The van der Waals surface area contributed by atoms with E-state index in [1.165, 1.54) is 18.2 Å². The third kappa shape index (κ3) is 6.36. The SMILES string of the molecule is Cc1cc(C)c(NC(=O)CNc2cc(Cl)ccc2OCC(F)(F)F)c(C)c1. The molecule has 8 heteroatoms. The van der Waals surface area contributed by atoms with Crippen LogP contribution in [-0.4, -0.2) is 25.2 Å². The summed E-state index contributed by atoms with van der Waals surface area (Å²) in [6, 6.07) is 8.05. The molecule has 0 bridgehead atoms. The van der Waals surface area contributed by atoms with E-state index in [4.69, 9.17) is 16.3 Å². The normalized spacial score (nSPS) is 11.2. The van der Waals surface area contributed by atoms with Gasteiger partial charge in [0.05, 0.1) is 12.2 Å². The van der Waals surface area contributed by atoms with Crippen molar-refractivity contribution in [2.24, 2.45) is 0 Å². The van der Waals surface area contributed by atoms with E-state index in [0.29, 0.717) is 10.7 Å². The Kier molecular flexibility index (Phi) is 6.59. The van der Waals surface area contributed by atoms with Crippen LogP contribution in [0.1, 0.15) is 16.7 Å². The minimum absolute atomic E-state index is 0.0350. The smallest absolute Gasteiger partial charge is 0.422 e. The van der Waals surface area contributed by atoms with E-state index < -0.39 is 12.8 Å². The Morgan fingerprint density at radius 3 is 2.33 bits per heavy atom. The Morgan fingerprint density at radius 2 is 1.74 bits per heavy atom. The first-order chi connectivity index (χ1) is 12.5. The Labute approximate surface area is 160 Å². The number of anilines is 2. The van der Waals surface area contributed by atoms with Crippen LogP contribution >= 0.6 is 11.6 Å². The van der Waals surface area contributed by atoms with Crippen molar-refractivity contribution in [3.63, 3.8) is 0 Å². The molecule has 2 N–H and O–H groups in total. The zero-order valence-electron chi connectivity index (χ0n) is 15.1. The predicted molar refractivity (Wildman–Crippen MR) is 101 cm³/mol. The first-order valence-electron chi connectivity index (χ1n) is 8.16. The molecule has 0 aromatic heterocycles. The van der Waals surface area contributed by atoms with Crippen molar-refractivity contribution in [1.29, 1.82) is 0 Å². The molecule has 0 spiro atoms. The summed E-state index contributed by atoms with van der Waals surface area (Å²) >= 11 is 5.89. The molecule has 146 valence electrons. The van der Waals surface area contributed by atoms with Crippen molar-refractivity contribution >= 4 is 28.9 Å². The molecule has 0 saturated carbocycles. The minimum atomic E-state index is -4.46. The minimum Gasteiger partial charge on any atom is -0.482 e. The molecule has 0 radical (unpaired) electrons. The fraction of sp³-hybridized carbons (Fsp3) is 0.316. The Hall–Kier alpha value is -2.41. The lowest BCUT2D eigenvalue weighted by Crippen LogP contribution is -2.24. The third-order valence-electron chi connectivity index (χ3n) is 3.71. The van der Waals surface area contributed by atoms with Crippen molar-refractivity contribution in [1.82, 2.24) is 0 Å². The standard InChI is InChI=1S/C19H20ClF3N2O2/c1-11-6-12(2)18(13(3)7-11)25-17(26)9-24-15-8-14(20)4-5-16(15)27-10-19(21,22)23/h4-8,24H,9-10H2,1-3H3,(H,25,26). The number of carbonyl (C=O) groups excluding carboxylic acids is 1. The second kappa shape index (κ2) is 8.52. The van der Waals surface area contributed by atoms with E-state index in [1.54, 1.807) is 0 Å². The van der Waals surface area contributed by atoms with Crippen LogP contribution in [0.15, 0.2) is 30.3 Å². The van der Waals surface area contributed by atoms with Gasteiger partial charge < -0.3 is 15.4 Å². The van der Waals surface area contributed by atoms with E-state index in [2.05, 4.69) is 10.6 Å². The van der Waals surface area contributed by atoms with Gasteiger partial charge in [0, 0.05) is 10.7 Å². The van der Waals surface area contributed by atoms with Gasteiger partial charge in [-0.15, -0.1) is 0 Å². The summed E-state index contributed by atoms with van der Waals surface area (Å²) in [4.78, 5) is 12.3. The number of nitrogens with one attached hydrogen (secondary N) is 2. The van der Waals surface area contributed by atoms with Crippen LogP contribution in [0.5, 0.6) is 5.75 Å². The lowest BCUT2D eigenvalue weighted by molar-refractivity contribution is -0.153. The number of rotatable bonds is 6. The maximum Gasteiger partial charge on any atom is 0.422 e. The van der Waals surface area contributed by atoms with Crippen LogP contribution in [0.25, 0.3) is 0 Å². The Balaban J connectivity index is 2.05. The molecular weight excluding hydrogens is 381 g/mol. The van der Waals surface area contributed by atoms with Gasteiger partial charge in [-0.2, -0.15) is 13.2 Å². The van der Waals surface area contributed by atoms with Crippen LogP contribution in [0.3, 0.4) is 0 Å². The fourth-order valence-corrected chi connectivity index (χ4v) is 2.83. The molecular formula is C19H20ClF3N2O2. The molecule has 1 amide bonds. The van der Waals surface area contributed by atoms with Crippen molar-refractivity contribution in [2.45, 2.75) is 26.9 Å². The summed E-state index contributed by atoms with van der Waals surface area (Å²) in [6.45, 7) is 4.16. The van der Waals surface area contributed by atoms with Gasteiger partial charge in [-0.25, -0.2) is 0 Å². The average molecular weight is 401 g/mol. The van der Waals surface area contributed by atoms with Gasteiger partial charge in [0.1, 0.15) is 5.75 Å². The molecule has 2 aromatic rings. The van der Waals surface area contributed by atoms with Gasteiger partial charge >= 0.3 is 6.18 Å². The van der Waals surface area contributed by atoms with Crippen LogP contribution in [0.4, 0.5) is 24.5 Å². The fourth-order valence-electron chi connectivity index (χ4n) is 2.66. The molecule has 0 saturated heterocycles. The molecule has 0 aliphatic heterocycles. The highest BCUT2D eigenvalue weighted by Gasteiger charge is 2.28. The highest BCUT2D eigenvalue weighted by atomic mass is 35.5. The lowest BCUT2D eigenvalue weighted by Gasteiger charge is -2.16. The number of alkyl halides is 3. The highest BCUT2D eigenvalue weighted by molar-refractivity contribution is 6.30. The molecule has 27 heavy (non-hydrogen) atoms. The summed E-state index contributed by atoms with van der Waals surface area (Å²) in [6.07, 6.45) is -4.46. The van der Waals surface area contributed by atoms with Crippen LogP contribution < -0.4 is 15.4 Å². The molecule has 4 nitrogen and oxygen atoms in total. The Morgan fingerprint density at radius 1 is 1.11 bits per heavy atom. The first-order valence-corrected chi connectivity index (χ1v) is 8.53. The topological polar surface area (TPSA) is 50.4 Å².